The molecular formula is C27H29FN6O. The summed E-state index contributed by atoms with van der Waals surface area (Å²) in [7, 11) is 1.85. The molecule has 3 N–H and O–H groups in total. The van der Waals surface area contributed by atoms with E-state index in [1.165, 1.54) is 6.07 Å². The number of fused-ring (bicyclic) bond motifs is 3. The van der Waals surface area contributed by atoms with Crippen molar-refractivity contribution in [2.75, 3.05) is 18.4 Å². The molecule has 2 aromatic carbocycles. The summed E-state index contributed by atoms with van der Waals surface area (Å²) in [6.45, 7) is 3.67. The maximum absolute atomic E-state index is 15.5. The zero-order chi connectivity index (χ0) is 24.0. The standard InChI is InChI=1S/C27H29FN6O/c1-3-17-12-30-19-6-4-5-14-11-22(34(17)24(14)19)26-31-20-10-16(9-18(28)25(20)32(26)2)27(35)33-13-15-7-8-21(33)23(15)29/h4-6,9-11,15,17,21,23,30H,3,7-8,12-13,29H2,1-2H3/t15-,17+,21-,23-/m1/s1. The molecule has 2 fully saturated rings. The lowest BCUT2D eigenvalue weighted by Gasteiger charge is -2.28. The van der Waals surface area contributed by atoms with E-state index in [1.807, 2.05) is 16.5 Å². The molecule has 4 heterocycles. The summed E-state index contributed by atoms with van der Waals surface area (Å²) in [6.07, 6.45) is 2.96. The average Bonchev–Trinajstić information content (AvgIpc) is 3.60. The van der Waals surface area contributed by atoms with Gasteiger partial charge in [-0.05, 0) is 49.4 Å². The second-order valence-corrected chi connectivity index (χ2v) is 10.3. The summed E-state index contributed by atoms with van der Waals surface area (Å²) in [5, 5.41) is 4.68. The number of imidazole rings is 1. The smallest absolute Gasteiger partial charge is 0.254 e. The monoisotopic (exact) mass is 472 g/mol. The molecule has 3 aliphatic rings. The number of halogens is 1. The molecule has 8 heteroatoms. The van der Waals surface area contributed by atoms with Crippen LogP contribution in [0, 0.1) is 11.7 Å². The van der Waals surface area contributed by atoms with Crippen LogP contribution >= 0.6 is 0 Å². The lowest BCUT2D eigenvalue weighted by molar-refractivity contribution is 0.0700. The Kier molecular flexibility index (Phi) is 4.37. The normalized spacial score (nSPS) is 25.1. The third-order valence-corrected chi connectivity index (χ3v) is 8.54. The van der Waals surface area contributed by atoms with Gasteiger partial charge in [0.2, 0.25) is 0 Å². The second kappa shape index (κ2) is 7.31. The van der Waals surface area contributed by atoms with Crippen molar-refractivity contribution >= 4 is 33.5 Å². The summed E-state index contributed by atoms with van der Waals surface area (Å²) in [5.74, 6) is 0.481. The van der Waals surface area contributed by atoms with Gasteiger partial charge in [-0.1, -0.05) is 19.1 Å². The molecule has 180 valence electrons. The van der Waals surface area contributed by atoms with E-state index in [4.69, 9.17) is 10.7 Å². The Balaban J connectivity index is 1.36. The maximum atomic E-state index is 15.5. The fourth-order valence-electron chi connectivity index (χ4n) is 6.72. The lowest BCUT2D eigenvalue weighted by Crippen LogP contribution is -2.41. The van der Waals surface area contributed by atoms with Crippen molar-refractivity contribution in [2.45, 2.75) is 44.3 Å². The van der Waals surface area contributed by atoms with Crippen molar-refractivity contribution in [1.82, 2.24) is 19.0 Å². The van der Waals surface area contributed by atoms with Gasteiger partial charge in [-0.2, -0.15) is 0 Å². The number of carbonyl (C=O) groups is 1. The lowest BCUT2D eigenvalue weighted by atomic mass is 10.1. The first-order valence-electron chi connectivity index (χ1n) is 12.6. The van der Waals surface area contributed by atoms with Crippen molar-refractivity contribution in [1.29, 1.82) is 0 Å². The fraction of sp³-hybridized carbons (Fsp3) is 0.407. The number of amides is 1. The van der Waals surface area contributed by atoms with Crippen LogP contribution in [0.1, 0.15) is 42.6 Å². The average molecular weight is 473 g/mol. The number of aryl methyl sites for hydroxylation is 1. The summed E-state index contributed by atoms with van der Waals surface area (Å²) in [6, 6.07) is 11.9. The number of aromatic nitrogens is 3. The number of likely N-dealkylation sites (tertiary alicyclic amines) is 1. The summed E-state index contributed by atoms with van der Waals surface area (Å²) >= 11 is 0. The molecule has 4 atom stereocenters. The first-order chi connectivity index (χ1) is 17.0. The van der Waals surface area contributed by atoms with Crippen molar-refractivity contribution < 1.29 is 9.18 Å². The fourth-order valence-corrected chi connectivity index (χ4v) is 6.72. The quantitative estimate of drug-likeness (QED) is 0.467. The largest absolute Gasteiger partial charge is 0.381 e. The molecule has 0 radical (unpaired) electrons. The van der Waals surface area contributed by atoms with Crippen molar-refractivity contribution in [3.8, 4) is 11.5 Å². The molecule has 4 aromatic rings. The Hall–Kier alpha value is -3.39. The first-order valence-corrected chi connectivity index (χ1v) is 12.6. The van der Waals surface area contributed by atoms with E-state index in [0.29, 0.717) is 34.9 Å². The van der Waals surface area contributed by atoms with Crippen LogP contribution in [0.3, 0.4) is 0 Å². The molecule has 2 aromatic heterocycles. The van der Waals surface area contributed by atoms with Gasteiger partial charge in [0.1, 0.15) is 11.3 Å². The molecule has 7 nitrogen and oxygen atoms in total. The minimum absolute atomic E-state index is 0.0281. The number of anilines is 1. The van der Waals surface area contributed by atoms with E-state index in [-0.39, 0.29) is 24.0 Å². The maximum Gasteiger partial charge on any atom is 0.254 e. The topological polar surface area (TPSA) is 81.1 Å². The molecule has 2 aliphatic heterocycles. The minimum Gasteiger partial charge on any atom is -0.381 e. The van der Waals surface area contributed by atoms with Crippen LogP contribution < -0.4 is 11.1 Å². The number of hydrogen-bond acceptors (Lipinski definition) is 4. The minimum atomic E-state index is -0.426. The van der Waals surface area contributed by atoms with Crippen molar-refractivity contribution in [3.63, 3.8) is 0 Å². The highest BCUT2D eigenvalue weighted by atomic mass is 19.1. The van der Waals surface area contributed by atoms with Gasteiger partial charge in [-0.15, -0.1) is 0 Å². The number of para-hydroxylation sites is 1. The zero-order valence-electron chi connectivity index (χ0n) is 20.0. The number of hydrogen-bond donors (Lipinski definition) is 2. The van der Waals surface area contributed by atoms with Gasteiger partial charge in [0.05, 0.1) is 28.5 Å². The van der Waals surface area contributed by atoms with Gasteiger partial charge in [-0.25, -0.2) is 9.37 Å². The summed E-state index contributed by atoms with van der Waals surface area (Å²) in [5.41, 5.74) is 10.8. The van der Waals surface area contributed by atoms with Gasteiger partial charge in [0, 0.05) is 43.2 Å². The van der Waals surface area contributed by atoms with Crippen LogP contribution in [0.25, 0.3) is 33.5 Å². The Morgan fingerprint density at radius 1 is 1.23 bits per heavy atom. The Bertz CT molecular complexity index is 1520. The van der Waals surface area contributed by atoms with Crippen LogP contribution in [-0.2, 0) is 7.05 Å². The van der Waals surface area contributed by atoms with Crippen molar-refractivity contribution in [3.05, 3.63) is 47.8 Å². The Morgan fingerprint density at radius 3 is 2.83 bits per heavy atom. The van der Waals surface area contributed by atoms with Crippen LogP contribution in [-0.4, -0.2) is 50.1 Å². The van der Waals surface area contributed by atoms with Crippen molar-refractivity contribution in [2.24, 2.45) is 18.7 Å². The molecular weight excluding hydrogens is 443 g/mol. The summed E-state index contributed by atoms with van der Waals surface area (Å²) < 4.78 is 19.6. The number of nitrogens with zero attached hydrogens (tertiary/aromatic N) is 4. The van der Waals surface area contributed by atoms with E-state index in [1.54, 1.807) is 6.07 Å². The van der Waals surface area contributed by atoms with Gasteiger partial charge in [-0.3, -0.25) is 4.79 Å². The van der Waals surface area contributed by atoms with E-state index >= 15 is 4.39 Å². The number of piperidine rings is 1. The number of rotatable bonds is 3. The molecule has 0 unspecified atom stereocenters. The molecule has 2 bridgehead atoms. The molecule has 1 aliphatic carbocycles. The molecule has 1 amide bonds. The van der Waals surface area contributed by atoms with Gasteiger partial charge >= 0.3 is 0 Å². The molecule has 7 rings (SSSR count). The predicted molar refractivity (Wildman–Crippen MR) is 135 cm³/mol. The first kappa shape index (κ1) is 20.9. The predicted octanol–water partition coefficient (Wildman–Crippen LogP) is 4.27. The SMILES string of the molecule is CC[C@H]1CNc2cccc3cc(-c4nc5cc(C(=O)N6C[C@H]7CC[C@@H]6[C@@H]7N)cc(F)c5n4C)n1c23. The third-order valence-electron chi connectivity index (χ3n) is 8.54. The van der Waals surface area contributed by atoms with Gasteiger partial charge < -0.3 is 25.1 Å². The highest BCUT2D eigenvalue weighted by molar-refractivity contribution is 5.99. The Morgan fingerprint density at radius 2 is 2.09 bits per heavy atom. The number of nitrogens with two attached hydrogens (primary N) is 1. The van der Waals surface area contributed by atoms with E-state index in [2.05, 4.69) is 41.1 Å². The van der Waals surface area contributed by atoms with Gasteiger partial charge in [0.25, 0.3) is 5.91 Å². The highest BCUT2D eigenvalue weighted by Gasteiger charge is 2.47. The number of carbonyl (C=O) groups excluding carboxylic acids is 1. The third kappa shape index (κ3) is 2.80. The Labute approximate surface area is 202 Å². The second-order valence-electron chi connectivity index (χ2n) is 10.3. The summed E-state index contributed by atoms with van der Waals surface area (Å²) in [4.78, 5) is 20.1. The number of nitrogens with one attached hydrogen (secondary N) is 1. The van der Waals surface area contributed by atoms with E-state index in [0.717, 1.165) is 48.1 Å². The van der Waals surface area contributed by atoms with E-state index < -0.39 is 5.82 Å². The zero-order valence-corrected chi connectivity index (χ0v) is 20.0. The number of benzene rings is 2. The molecule has 0 spiro atoms. The van der Waals surface area contributed by atoms with Crippen LogP contribution in [0.15, 0.2) is 36.4 Å². The van der Waals surface area contributed by atoms with Gasteiger partial charge in [0.15, 0.2) is 5.82 Å². The van der Waals surface area contributed by atoms with Crippen LogP contribution in [0.5, 0.6) is 0 Å². The van der Waals surface area contributed by atoms with Crippen LogP contribution in [0.4, 0.5) is 10.1 Å². The molecule has 1 saturated carbocycles. The molecule has 35 heavy (non-hydrogen) atoms. The van der Waals surface area contributed by atoms with E-state index in [9.17, 15) is 4.79 Å². The van der Waals surface area contributed by atoms with Crippen LogP contribution in [0.2, 0.25) is 0 Å². The highest BCUT2D eigenvalue weighted by Crippen LogP contribution is 2.40. The molecule has 1 saturated heterocycles.